The second-order valence-electron chi connectivity index (χ2n) is 3.30. The minimum absolute atomic E-state index is 0.123. The quantitative estimate of drug-likeness (QED) is 0.627. The van der Waals surface area contributed by atoms with Crippen LogP contribution in [-0.2, 0) is 4.79 Å². The molecule has 0 radical (unpaired) electrons. The number of nitrogens with one attached hydrogen (secondary N) is 1. The van der Waals surface area contributed by atoms with Crippen LogP contribution in [0.3, 0.4) is 0 Å². The Balaban J connectivity index is 2.41. The van der Waals surface area contributed by atoms with Gasteiger partial charge in [-0.15, -0.1) is 0 Å². The van der Waals surface area contributed by atoms with Gasteiger partial charge in [0.05, 0.1) is 4.91 Å². The van der Waals surface area contributed by atoms with Crippen molar-refractivity contribution in [2.45, 2.75) is 6.92 Å². The molecule has 0 saturated carbocycles. The zero-order valence-corrected chi connectivity index (χ0v) is 10.8. The van der Waals surface area contributed by atoms with E-state index in [-0.39, 0.29) is 5.91 Å². The number of thiocarbonyl (C=S) groups is 1. The number of carbonyl (C=O) groups excluding carboxylic acids is 1. The van der Waals surface area contributed by atoms with Crippen LogP contribution in [0.15, 0.2) is 29.2 Å². The number of benzene rings is 1. The Bertz CT molecular complexity index is 493. The van der Waals surface area contributed by atoms with Crippen LogP contribution in [0, 0.1) is 0 Å². The maximum Gasteiger partial charge on any atom is 0.263 e. The summed E-state index contributed by atoms with van der Waals surface area (Å²) in [5.41, 5.74) is 1.89. The maximum atomic E-state index is 11.6. The lowest BCUT2D eigenvalue weighted by atomic mass is 10.1. The molecular weight excluding hydrogens is 262 g/mol. The van der Waals surface area contributed by atoms with Gasteiger partial charge >= 0.3 is 0 Å². The van der Waals surface area contributed by atoms with Gasteiger partial charge in [-0.2, -0.15) is 0 Å². The maximum absolute atomic E-state index is 11.6. The van der Waals surface area contributed by atoms with Gasteiger partial charge in [0.1, 0.15) is 4.32 Å². The summed E-state index contributed by atoms with van der Waals surface area (Å²) in [6, 6.07) is 7.38. The van der Waals surface area contributed by atoms with Crippen LogP contribution in [0.25, 0.3) is 5.57 Å². The molecule has 1 saturated heterocycles. The first-order chi connectivity index (χ1) is 7.58. The van der Waals surface area contributed by atoms with Gasteiger partial charge in [-0.1, -0.05) is 47.7 Å². The average Bonchev–Trinajstić information content (AvgIpc) is 2.58. The van der Waals surface area contributed by atoms with Gasteiger partial charge in [0.2, 0.25) is 0 Å². The van der Waals surface area contributed by atoms with E-state index in [1.807, 2.05) is 19.1 Å². The van der Waals surface area contributed by atoms with E-state index in [9.17, 15) is 4.79 Å². The van der Waals surface area contributed by atoms with Gasteiger partial charge in [0.25, 0.3) is 5.91 Å². The molecular formula is C11H8ClNOS2. The third-order valence-corrected chi connectivity index (χ3v) is 3.82. The molecule has 16 heavy (non-hydrogen) atoms. The molecule has 2 nitrogen and oxygen atoms in total. The van der Waals surface area contributed by atoms with E-state index in [1.165, 1.54) is 11.8 Å². The summed E-state index contributed by atoms with van der Waals surface area (Å²) in [4.78, 5) is 12.2. The lowest BCUT2D eigenvalue weighted by Gasteiger charge is -2.03. The second kappa shape index (κ2) is 4.57. The van der Waals surface area contributed by atoms with Crippen molar-refractivity contribution in [3.63, 3.8) is 0 Å². The molecule has 1 aromatic carbocycles. The Hall–Kier alpha value is -0.840. The third-order valence-electron chi connectivity index (χ3n) is 2.23. The monoisotopic (exact) mass is 269 g/mol. The summed E-state index contributed by atoms with van der Waals surface area (Å²) < 4.78 is 0.508. The molecule has 1 fully saturated rings. The summed E-state index contributed by atoms with van der Waals surface area (Å²) in [6.45, 7) is 1.90. The number of thioether (sulfide) groups is 1. The van der Waals surface area contributed by atoms with E-state index in [1.54, 1.807) is 12.1 Å². The highest BCUT2D eigenvalue weighted by Crippen LogP contribution is 2.31. The van der Waals surface area contributed by atoms with Crippen LogP contribution in [0.5, 0.6) is 0 Å². The Kier molecular flexibility index (Phi) is 3.33. The fourth-order valence-corrected chi connectivity index (χ4v) is 2.60. The van der Waals surface area contributed by atoms with Crippen molar-refractivity contribution in [1.82, 2.24) is 5.32 Å². The fourth-order valence-electron chi connectivity index (χ4n) is 1.39. The molecule has 1 aliphatic rings. The summed E-state index contributed by atoms with van der Waals surface area (Å²) in [5, 5.41) is 3.28. The first-order valence-electron chi connectivity index (χ1n) is 4.58. The Morgan fingerprint density at radius 2 is 2.00 bits per heavy atom. The number of allylic oxidation sites excluding steroid dienone is 1. The molecule has 1 aromatic rings. The lowest BCUT2D eigenvalue weighted by Crippen LogP contribution is -2.18. The molecule has 1 heterocycles. The van der Waals surface area contributed by atoms with Crippen LogP contribution >= 0.6 is 35.6 Å². The van der Waals surface area contributed by atoms with E-state index in [4.69, 9.17) is 23.8 Å². The normalized spacial score (nSPS) is 18.6. The zero-order valence-electron chi connectivity index (χ0n) is 8.41. The average molecular weight is 270 g/mol. The number of halogens is 1. The van der Waals surface area contributed by atoms with E-state index in [0.29, 0.717) is 14.2 Å². The van der Waals surface area contributed by atoms with Crippen molar-refractivity contribution in [2.75, 3.05) is 0 Å². The van der Waals surface area contributed by atoms with Crippen molar-refractivity contribution in [3.05, 3.63) is 39.8 Å². The first kappa shape index (κ1) is 11.6. The Morgan fingerprint density at radius 1 is 1.38 bits per heavy atom. The van der Waals surface area contributed by atoms with Crippen LogP contribution in [0.1, 0.15) is 12.5 Å². The second-order valence-corrected chi connectivity index (χ2v) is 5.43. The molecule has 0 bridgehead atoms. The van der Waals surface area contributed by atoms with Gasteiger partial charge in [-0.05, 0) is 30.2 Å². The van der Waals surface area contributed by atoms with Crippen molar-refractivity contribution in [1.29, 1.82) is 0 Å². The Labute approximate surface area is 108 Å². The molecule has 1 amide bonds. The van der Waals surface area contributed by atoms with Gasteiger partial charge in [0, 0.05) is 5.02 Å². The summed E-state index contributed by atoms with van der Waals surface area (Å²) >= 11 is 12.0. The molecule has 5 heteroatoms. The van der Waals surface area contributed by atoms with Crippen LogP contribution < -0.4 is 5.32 Å². The number of hydrogen-bond donors (Lipinski definition) is 1. The number of carbonyl (C=O) groups is 1. The minimum atomic E-state index is -0.123. The SMILES string of the molecule is C/C(=C1\SC(=S)NC1=O)c1ccc(Cl)cc1. The van der Waals surface area contributed by atoms with Crippen LogP contribution in [-0.4, -0.2) is 10.2 Å². The third kappa shape index (κ3) is 2.29. The largest absolute Gasteiger partial charge is 0.307 e. The van der Waals surface area contributed by atoms with Crippen molar-refractivity contribution >= 4 is 51.4 Å². The van der Waals surface area contributed by atoms with Gasteiger partial charge in [-0.25, -0.2) is 0 Å². The highest BCUT2D eigenvalue weighted by molar-refractivity contribution is 8.26. The molecule has 0 unspecified atom stereocenters. The molecule has 82 valence electrons. The minimum Gasteiger partial charge on any atom is -0.307 e. The van der Waals surface area contributed by atoms with E-state index in [0.717, 1.165) is 11.1 Å². The highest BCUT2D eigenvalue weighted by atomic mass is 35.5. The predicted molar refractivity (Wildman–Crippen MR) is 72.4 cm³/mol. The topological polar surface area (TPSA) is 29.1 Å². The molecule has 0 spiro atoms. The number of hydrogen-bond acceptors (Lipinski definition) is 3. The molecule has 2 rings (SSSR count). The van der Waals surface area contributed by atoms with Crippen molar-refractivity contribution in [3.8, 4) is 0 Å². The summed E-state index contributed by atoms with van der Waals surface area (Å²) in [7, 11) is 0. The lowest BCUT2D eigenvalue weighted by molar-refractivity contribution is -0.115. The molecule has 1 aliphatic heterocycles. The zero-order chi connectivity index (χ0) is 11.7. The summed E-state index contributed by atoms with van der Waals surface area (Å²) in [6.07, 6.45) is 0. The van der Waals surface area contributed by atoms with Gasteiger partial charge in [0.15, 0.2) is 0 Å². The van der Waals surface area contributed by atoms with Crippen LogP contribution in [0.4, 0.5) is 0 Å². The fraction of sp³-hybridized carbons (Fsp3) is 0.0909. The molecule has 1 N–H and O–H groups in total. The summed E-state index contributed by atoms with van der Waals surface area (Å²) in [5.74, 6) is -0.123. The standard InChI is InChI=1S/C11H8ClNOS2/c1-6(7-2-4-8(12)5-3-7)9-10(14)13-11(15)16-9/h2-5H,1H3,(H,13,14,15)/b9-6+. The van der Waals surface area contributed by atoms with Crippen LogP contribution in [0.2, 0.25) is 5.02 Å². The Morgan fingerprint density at radius 3 is 2.50 bits per heavy atom. The van der Waals surface area contributed by atoms with E-state index in [2.05, 4.69) is 5.32 Å². The molecule has 0 aliphatic carbocycles. The van der Waals surface area contributed by atoms with E-state index >= 15 is 0 Å². The highest BCUT2D eigenvalue weighted by Gasteiger charge is 2.24. The van der Waals surface area contributed by atoms with Gasteiger partial charge in [-0.3, -0.25) is 4.79 Å². The predicted octanol–water partition coefficient (Wildman–Crippen LogP) is 3.22. The molecule has 0 aromatic heterocycles. The number of rotatable bonds is 1. The van der Waals surface area contributed by atoms with Crippen molar-refractivity contribution < 1.29 is 4.79 Å². The van der Waals surface area contributed by atoms with E-state index < -0.39 is 0 Å². The van der Waals surface area contributed by atoms with Crippen molar-refractivity contribution in [2.24, 2.45) is 0 Å². The number of amides is 1. The smallest absolute Gasteiger partial charge is 0.263 e. The van der Waals surface area contributed by atoms with Gasteiger partial charge < -0.3 is 5.32 Å². The molecule has 0 atom stereocenters. The first-order valence-corrected chi connectivity index (χ1v) is 6.18.